The summed E-state index contributed by atoms with van der Waals surface area (Å²) in [4.78, 5) is 38.8. The van der Waals surface area contributed by atoms with Crippen LogP contribution >= 0.6 is 0 Å². The second-order valence-corrected chi connectivity index (χ2v) is 7.21. The number of hydrogen-bond acceptors (Lipinski definition) is 7. The first-order valence-corrected chi connectivity index (χ1v) is 10.2. The lowest BCUT2D eigenvalue weighted by Gasteiger charge is -2.30. The summed E-state index contributed by atoms with van der Waals surface area (Å²) < 4.78 is 9.48. The van der Waals surface area contributed by atoms with Crippen molar-refractivity contribution in [2.75, 3.05) is 49.4 Å². The summed E-state index contributed by atoms with van der Waals surface area (Å²) in [7, 11) is 2.51. The topological polar surface area (TPSA) is 97.0 Å². The Morgan fingerprint density at radius 1 is 0.903 bits per heavy atom. The van der Waals surface area contributed by atoms with E-state index >= 15 is 0 Å². The zero-order chi connectivity index (χ0) is 22.2. The highest BCUT2D eigenvalue weighted by molar-refractivity contribution is 6.04. The Labute approximate surface area is 181 Å². The Kier molecular flexibility index (Phi) is 7.48. The van der Waals surface area contributed by atoms with Gasteiger partial charge in [0.2, 0.25) is 5.91 Å². The summed E-state index contributed by atoms with van der Waals surface area (Å²) in [6.45, 7) is 1.98. The van der Waals surface area contributed by atoms with E-state index in [9.17, 15) is 14.4 Å². The Morgan fingerprint density at radius 2 is 1.61 bits per heavy atom. The zero-order valence-corrected chi connectivity index (χ0v) is 17.8. The van der Waals surface area contributed by atoms with Crippen molar-refractivity contribution in [1.82, 2.24) is 0 Å². The maximum atomic E-state index is 12.6. The number of carbonyl (C=O) groups excluding carboxylic acids is 3. The third kappa shape index (κ3) is 5.53. The normalized spacial score (nSPS) is 13.3. The molecule has 1 amide bonds. The van der Waals surface area contributed by atoms with E-state index in [4.69, 9.17) is 9.47 Å². The minimum absolute atomic E-state index is 0.00603. The van der Waals surface area contributed by atoms with Gasteiger partial charge in [-0.15, -0.1) is 0 Å². The van der Waals surface area contributed by atoms with E-state index in [1.54, 1.807) is 0 Å². The first kappa shape index (κ1) is 22.1. The second-order valence-electron chi connectivity index (χ2n) is 7.21. The number of piperidine rings is 1. The Balaban J connectivity index is 1.72. The number of carbonyl (C=O) groups is 3. The monoisotopic (exact) mass is 425 g/mol. The van der Waals surface area contributed by atoms with Crippen LogP contribution in [0.2, 0.25) is 0 Å². The number of esters is 2. The third-order valence-electron chi connectivity index (χ3n) is 5.16. The van der Waals surface area contributed by atoms with Crippen molar-refractivity contribution in [3.8, 4) is 0 Å². The number of ether oxygens (including phenoxy) is 2. The molecule has 0 atom stereocenters. The molecule has 0 saturated carbocycles. The molecule has 8 heteroatoms. The molecule has 3 rings (SSSR count). The van der Waals surface area contributed by atoms with Crippen LogP contribution in [0.5, 0.6) is 0 Å². The van der Waals surface area contributed by atoms with E-state index in [0.717, 1.165) is 37.3 Å². The average Bonchev–Trinajstić information content (AvgIpc) is 2.82. The molecule has 0 bridgehead atoms. The highest BCUT2D eigenvalue weighted by atomic mass is 16.5. The molecule has 0 spiro atoms. The van der Waals surface area contributed by atoms with Gasteiger partial charge >= 0.3 is 11.9 Å². The quantitative estimate of drug-likeness (QED) is 0.657. The molecule has 31 heavy (non-hydrogen) atoms. The van der Waals surface area contributed by atoms with Gasteiger partial charge in [-0.1, -0.05) is 12.1 Å². The van der Waals surface area contributed by atoms with E-state index in [0.29, 0.717) is 0 Å². The van der Waals surface area contributed by atoms with Crippen LogP contribution in [0.4, 0.5) is 17.1 Å². The van der Waals surface area contributed by atoms with Crippen molar-refractivity contribution < 1.29 is 23.9 Å². The predicted molar refractivity (Wildman–Crippen MR) is 119 cm³/mol. The Bertz CT molecular complexity index is 954. The lowest BCUT2D eigenvalue weighted by atomic mass is 10.1. The third-order valence-corrected chi connectivity index (χ3v) is 5.16. The molecule has 8 nitrogen and oxygen atoms in total. The molecule has 0 radical (unpaired) electrons. The van der Waals surface area contributed by atoms with E-state index in [1.807, 2.05) is 24.3 Å². The molecule has 0 aliphatic carbocycles. The number of anilines is 3. The molecule has 2 aromatic carbocycles. The predicted octanol–water partition coefficient (Wildman–Crippen LogP) is 3.30. The van der Waals surface area contributed by atoms with Crippen molar-refractivity contribution in [1.29, 1.82) is 0 Å². The van der Waals surface area contributed by atoms with E-state index < -0.39 is 11.9 Å². The van der Waals surface area contributed by atoms with Crippen LogP contribution in [-0.2, 0) is 14.3 Å². The van der Waals surface area contributed by atoms with E-state index in [1.165, 1.54) is 38.8 Å². The van der Waals surface area contributed by atoms with Gasteiger partial charge in [-0.2, -0.15) is 0 Å². The number of hydrogen-bond donors (Lipinski definition) is 2. The maximum Gasteiger partial charge on any atom is 0.339 e. The van der Waals surface area contributed by atoms with Crippen molar-refractivity contribution >= 4 is 34.9 Å². The van der Waals surface area contributed by atoms with Crippen LogP contribution in [0.1, 0.15) is 40.0 Å². The molecule has 1 aliphatic rings. The Morgan fingerprint density at radius 3 is 2.32 bits per heavy atom. The number of amides is 1. The van der Waals surface area contributed by atoms with E-state index in [2.05, 4.69) is 15.5 Å². The zero-order valence-electron chi connectivity index (χ0n) is 17.8. The molecule has 1 fully saturated rings. The average molecular weight is 425 g/mol. The summed E-state index contributed by atoms with van der Waals surface area (Å²) >= 11 is 0. The van der Waals surface area contributed by atoms with Gasteiger partial charge in [0.15, 0.2) is 0 Å². The first-order valence-electron chi connectivity index (χ1n) is 10.2. The number of benzene rings is 2. The number of nitrogens with zero attached hydrogens (tertiary/aromatic N) is 1. The van der Waals surface area contributed by atoms with Gasteiger partial charge in [-0.25, -0.2) is 9.59 Å². The van der Waals surface area contributed by atoms with Crippen LogP contribution in [0.25, 0.3) is 0 Å². The van der Waals surface area contributed by atoms with Gasteiger partial charge in [0.1, 0.15) is 0 Å². The summed E-state index contributed by atoms with van der Waals surface area (Å²) in [5.74, 6) is -1.55. The summed E-state index contributed by atoms with van der Waals surface area (Å²) in [6, 6.07) is 12.2. The van der Waals surface area contributed by atoms with E-state index in [-0.39, 0.29) is 29.3 Å². The van der Waals surface area contributed by atoms with Gasteiger partial charge in [0.25, 0.3) is 0 Å². The number of methoxy groups -OCH3 is 2. The lowest BCUT2D eigenvalue weighted by Crippen LogP contribution is -2.30. The molecule has 0 unspecified atom stereocenters. The number of rotatable bonds is 7. The molecule has 1 aliphatic heterocycles. The standard InChI is InChI=1S/C23H27N3O5/c1-30-22(28)16-10-11-17(23(29)31-2)19(14-16)25-21(27)15-24-18-8-4-5-9-20(18)26-12-6-3-7-13-26/h4-5,8-11,14,24H,3,6-7,12-13,15H2,1-2H3,(H,25,27). The largest absolute Gasteiger partial charge is 0.465 e. The van der Waals surface area contributed by atoms with Gasteiger partial charge in [-0.05, 0) is 49.6 Å². The van der Waals surface area contributed by atoms with Gasteiger partial charge in [0.05, 0.1) is 49.0 Å². The molecular formula is C23H27N3O5. The fraction of sp³-hybridized carbons (Fsp3) is 0.348. The highest BCUT2D eigenvalue weighted by Crippen LogP contribution is 2.28. The molecule has 2 aromatic rings. The van der Waals surface area contributed by atoms with Crippen molar-refractivity contribution in [2.45, 2.75) is 19.3 Å². The molecule has 1 heterocycles. The fourth-order valence-electron chi connectivity index (χ4n) is 3.58. The SMILES string of the molecule is COC(=O)c1ccc(C(=O)OC)c(NC(=O)CNc2ccccc2N2CCCCC2)c1. The van der Waals surface area contributed by atoms with Crippen molar-refractivity contribution in [2.24, 2.45) is 0 Å². The summed E-state index contributed by atoms with van der Waals surface area (Å²) in [5.41, 5.74) is 2.49. The van der Waals surface area contributed by atoms with Gasteiger partial charge < -0.3 is 25.0 Å². The number of nitrogens with one attached hydrogen (secondary N) is 2. The smallest absolute Gasteiger partial charge is 0.339 e. The summed E-state index contributed by atoms with van der Waals surface area (Å²) in [5, 5.41) is 5.87. The van der Waals surface area contributed by atoms with Gasteiger partial charge in [0, 0.05) is 13.1 Å². The molecular weight excluding hydrogens is 398 g/mol. The van der Waals surface area contributed by atoms with Crippen molar-refractivity contribution in [3.05, 3.63) is 53.6 Å². The minimum Gasteiger partial charge on any atom is -0.465 e. The van der Waals surface area contributed by atoms with Crippen LogP contribution in [0.3, 0.4) is 0 Å². The van der Waals surface area contributed by atoms with Crippen LogP contribution in [-0.4, -0.2) is 51.7 Å². The van der Waals surface area contributed by atoms with Crippen molar-refractivity contribution in [3.63, 3.8) is 0 Å². The molecule has 164 valence electrons. The fourth-order valence-corrected chi connectivity index (χ4v) is 3.58. The van der Waals surface area contributed by atoms with Crippen LogP contribution in [0.15, 0.2) is 42.5 Å². The summed E-state index contributed by atoms with van der Waals surface area (Å²) in [6.07, 6.45) is 3.55. The second kappa shape index (κ2) is 10.5. The Hall–Kier alpha value is -3.55. The van der Waals surface area contributed by atoms with Crippen LogP contribution < -0.4 is 15.5 Å². The first-order chi connectivity index (χ1) is 15.0. The van der Waals surface area contributed by atoms with Gasteiger partial charge in [-0.3, -0.25) is 4.79 Å². The highest BCUT2D eigenvalue weighted by Gasteiger charge is 2.18. The molecule has 1 saturated heterocycles. The maximum absolute atomic E-state index is 12.6. The van der Waals surface area contributed by atoms with Crippen LogP contribution in [0, 0.1) is 0 Å². The molecule has 2 N–H and O–H groups in total. The minimum atomic E-state index is -0.616. The molecule has 0 aromatic heterocycles. The lowest BCUT2D eigenvalue weighted by molar-refractivity contribution is -0.114. The number of para-hydroxylation sites is 2.